The van der Waals surface area contributed by atoms with E-state index in [0.29, 0.717) is 11.8 Å². The predicted octanol–water partition coefficient (Wildman–Crippen LogP) is -0.00280. The maximum atomic E-state index is 11.2. The summed E-state index contributed by atoms with van der Waals surface area (Å²) in [7, 11) is 3.83. The Labute approximate surface area is 99.4 Å². The van der Waals surface area contributed by atoms with Gasteiger partial charge in [0.2, 0.25) is 5.91 Å². The Morgan fingerprint density at radius 3 is 2.24 bits per heavy atom. The zero-order valence-corrected chi connectivity index (χ0v) is 9.64. The van der Waals surface area contributed by atoms with E-state index < -0.39 is 11.9 Å². The largest absolute Gasteiger partial charge is 0.545 e. The van der Waals surface area contributed by atoms with Crippen LogP contribution in [0.4, 0.5) is 11.4 Å². The van der Waals surface area contributed by atoms with Crippen LogP contribution in [0.5, 0.6) is 0 Å². The molecule has 0 fully saturated rings. The number of carbonyl (C=O) groups is 2. The van der Waals surface area contributed by atoms with Crippen LogP contribution in [-0.4, -0.2) is 26.0 Å². The number of carboxylic acids is 1. The van der Waals surface area contributed by atoms with Crippen molar-refractivity contribution in [3.8, 4) is 0 Å². The van der Waals surface area contributed by atoms with Gasteiger partial charge in [0.25, 0.3) is 0 Å². The molecule has 0 heterocycles. The molecule has 0 spiro atoms. The van der Waals surface area contributed by atoms with Crippen LogP contribution in [0.15, 0.2) is 36.4 Å². The molecule has 90 valence electrons. The standard InChI is InChI=1S/C12H14N2O3/c1-14(2)10-5-3-9(4-6-10)13-11(15)7-8-12(16)17/h3-8H,1-2H3,(H,13,15)(H,16,17)/p-1. The van der Waals surface area contributed by atoms with Crippen molar-refractivity contribution in [3.63, 3.8) is 0 Å². The molecule has 0 saturated heterocycles. The Morgan fingerprint density at radius 2 is 1.76 bits per heavy atom. The van der Waals surface area contributed by atoms with Gasteiger partial charge in [-0.3, -0.25) is 4.79 Å². The maximum Gasteiger partial charge on any atom is 0.248 e. The van der Waals surface area contributed by atoms with E-state index in [-0.39, 0.29) is 0 Å². The van der Waals surface area contributed by atoms with Crippen LogP contribution in [0.2, 0.25) is 0 Å². The van der Waals surface area contributed by atoms with Crippen molar-refractivity contribution in [2.24, 2.45) is 0 Å². The average molecular weight is 233 g/mol. The summed E-state index contributed by atoms with van der Waals surface area (Å²) in [5, 5.41) is 12.6. The Hall–Kier alpha value is -2.30. The van der Waals surface area contributed by atoms with Gasteiger partial charge in [-0.1, -0.05) is 0 Å². The summed E-state index contributed by atoms with van der Waals surface area (Å²) >= 11 is 0. The maximum absolute atomic E-state index is 11.2. The third-order valence-electron chi connectivity index (χ3n) is 2.02. The van der Waals surface area contributed by atoms with Crippen LogP contribution < -0.4 is 15.3 Å². The van der Waals surface area contributed by atoms with Crippen molar-refractivity contribution in [1.29, 1.82) is 0 Å². The summed E-state index contributed by atoms with van der Waals surface area (Å²) in [5.41, 5.74) is 1.61. The van der Waals surface area contributed by atoms with Gasteiger partial charge in [-0.2, -0.15) is 0 Å². The zero-order valence-electron chi connectivity index (χ0n) is 9.64. The molecule has 5 nitrogen and oxygen atoms in total. The second kappa shape index (κ2) is 5.69. The number of anilines is 2. The molecule has 1 N–H and O–H groups in total. The first kappa shape index (κ1) is 12.8. The highest BCUT2D eigenvalue weighted by molar-refractivity contribution is 6.02. The second-order valence-electron chi connectivity index (χ2n) is 3.58. The Morgan fingerprint density at radius 1 is 1.18 bits per heavy atom. The molecule has 0 aliphatic rings. The minimum Gasteiger partial charge on any atom is -0.545 e. The van der Waals surface area contributed by atoms with Gasteiger partial charge in [-0.25, -0.2) is 0 Å². The molecule has 1 amide bonds. The van der Waals surface area contributed by atoms with Gasteiger partial charge >= 0.3 is 0 Å². The Kier molecular flexibility index (Phi) is 4.28. The minimum absolute atomic E-state index is 0.508. The number of nitrogens with zero attached hydrogens (tertiary/aromatic N) is 1. The minimum atomic E-state index is -1.40. The van der Waals surface area contributed by atoms with Crippen LogP contribution in [0.25, 0.3) is 0 Å². The molecule has 0 aliphatic carbocycles. The molecule has 17 heavy (non-hydrogen) atoms. The number of hydrogen-bond donors (Lipinski definition) is 1. The normalized spacial score (nSPS) is 10.2. The highest BCUT2D eigenvalue weighted by Crippen LogP contribution is 2.15. The molecule has 1 aromatic rings. The molecule has 5 heteroatoms. The third kappa shape index (κ3) is 4.38. The van der Waals surface area contributed by atoms with Gasteiger partial charge < -0.3 is 20.1 Å². The monoisotopic (exact) mass is 233 g/mol. The quantitative estimate of drug-likeness (QED) is 0.743. The first-order valence-electron chi connectivity index (χ1n) is 4.96. The fourth-order valence-electron chi connectivity index (χ4n) is 1.17. The molecule has 0 atom stereocenters. The number of carbonyl (C=O) groups excluding carboxylic acids is 2. The summed E-state index contributed by atoms with van der Waals surface area (Å²) < 4.78 is 0. The van der Waals surface area contributed by atoms with E-state index in [9.17, 15) is 14.7 Å². The van der Waals surface area contributed by atoms with E-state index in [1.165, 1.54) is 0 Å². The van der Waals surface area contributed by atoms with E-state index in [1.54, 1.807) is 12.1 Å². The van der Waals surface area contributed by atoms with Crippen molar-refractivity contribution < 1.29 is 14.7 Å². The van der Waals surface area contributed by atoms with E-state index in [2.05, 4.69) is 5.32 Å². The average Bonchev–Trinajstić information content (AvgIpc) is 2.27. The Bertz CT molecular complexity index is 436. The summed E-state index contributed by atoms with van der Waals surface area (Å²) in [4.78, 5) is 23.3. The molecular weight excluding hydrogens is 220 g/mol. The number of amides is 1. The predicted molar refractivity (Wildman–Crippen MR) is 63.5 cm³/mol. The molecule has 0 saturated carbocycles. The zero-order chi connectivity index (χ0) is 12.8. The molecule has 0 aliphatic heterocycles. The molecule has 0 radical (unpaired) electrons. The van der Waals surface area contributed by atoms with Crippen LogP contribution in [0.1, 0.15) is 0 Å². The molecular formula is C12H13N2O3-. The fraction of sp³-hybridized carbons (Fsp3) is 0.167. The fourth-order valence-corrected chi connectivity index (χ4v) is 1.17. The van der Waals surface area contributed by atoms with Gasteiger partial charge in [0.05, 0.1) is 5.97 Å². The second-order valence-corrected chi connectivity index (χ2v) is 3.58. The lowest BCUT2D eigenvalue weighted by Gasteiger charge is -2.12. The van der Waals surface area contributed by atoms with Gasteiger partial charge in [0, 0.05) is 31.5 Å². The number of rotatable bonds is 4. The highest BCUT2D eigenvalue weighted by atomic mass is 16.4. The molecule has 0 aromatic heterocycles. The van der Waals surface area contributed by atoms with Gasteiger partial charge in [0.1, 0.15) is 0 Å². The van der Waals surface area contributed by atoms with Crippen molar-refractivity contribution in [1.82, 2.24) is 0 Å². The van der Waals surface area contributed by atoms with Crippen molar-refractivity contribution >= 4 is 23.3 Å². The van der Waals surface area contributed by atoms with Crippen molar-refractivity contribution in [3.05, 3.63) is 36.4 Å². The van der Waals surface area contributed by atoms with Crippen LogP contribution in [0.3, 0.4) is 0 Å². The highest BCUT2D eigenvalue weighted by Gasteiger charge is 1.98. The first-order chi connectivity index (χ1) is 7.99. The van der Waals surface area contributed by atoms with Gasteiger partial charge in [-0.05, 0) is 30.3 Å². The van der Waals surface area contributed by atoms with E-state index in [4.69, 9.17) is 0 Å². The summed E-state index contributed by atoms with van der Waals surface area (Å²) in [6, 6.07) is 7.16. The number of hydrogen-bond acceptors (Lipinski definition) is 4. The lowest BCUT2D eigenvalue weighted by molar-refractivity contribution is -0.297. The Balaban J connectivity index is 2.63. The number of nitrogens with one attached hydrogen (secondary N) is 1. The van der Waals surface area contributed by atoms with Crippen LogP contribution in [-0.2, 0) is 9.59 Å². The third-order valence-corrected chi connectivity index (χ3v) is 2.02. The summed E-state index contributed by atoms with van der Waals surface area (Å²) in [6.07, 6.45) is 1.60. The van der Waals surface area contributed by atoms with Crippen LogP contribution >= 0.6 is 0 Å². The molecule has 1 aromatic carbocycles. The van der Waals surface area contributed by atoms with Crippen LogP contribution in [0, 0.1) is 0 Å². The summed E-state index contributed by atoms with van der Waals surface area (Å²) in [5.74, 6) is -1.91. The van der Waals surface area contributed by atoms with E-state index >= 15 is 0 Å². The van der Waals surface area contributed by atoms with E-state index in [1.807, 2.05) is 31.1 Å². The lowest BCUT2D eigenvalue weighted by atomic mass is 10.2. The lowest BCUT2D eigenvalue weighted by Crippen LogP contribution is -2.20. The number of carboxylic acid groups (broad SMARTS) is 1. The van der Waals surface area contributed by atoms with E-state index in [0.717, 1.165) is 11.8 Å². The SMILES string of the molecule is CN(C)c1ccc(NC(=O)C=CC(=O)[O-])cc1. The van der Waals surface area contributed by atoms with Gasteiger partial charge in [0.15, 0.2) is 0 Å². The number of benzene rings is 1. The van der Waals surface area contributed by atoms with Crippen molar-refractivity contribution in [2.75, 3.05) is 24.3 Å². The molecule has 0 bridgehead atoms. The molecule has 0 unspecified atom stereocenters. The van der Waals surface area contributed by atoms with Crippen molar-refractivity contribution in [2.45, 2.75) is 0 Å². The topological polar surface area (TPSA) is 72.5 Å². The molecule has 1 rings (SSSR count). The first-order valence-corrected chi connectivity index (χ1v) is 4.96. The van der Waals surface area contributed by atoms with Gasteiger partial charge in [-0.15, -0.1) is 0 Å². The smallest absolute Gasteiger partial charge is 0.248 e. The summed E-state index contributed by atoms with van der Waals surface area (Å²) in [6.45, 7) is 0. The number of aliphatic carboxylic acids is 1.